The van der Waals surface area contributed by atoms with E-state index in [1.807, 2.05) is 11.6 Å². The molecule has 1 heterocycles. The molecule has 1 rings (SSSR count). The molecule has 0 spiro atoms. The van der Waals surface area contributed by atoms with Crippen molar-refractivity contribution in [2.45, 2.75) is 18.0 Å². The molecule has 0 aromatic carbocycles. The molecule has 7 heteroatoms. The molecule has 1 aromatic heterocycles. The second-order valence-corrected chi connectivity index (χ2v) is 3.81. The lowest BCUT2D eigenvalue weighted by Gasteiger charge is -2.00. The fraction of sp³-hybridized carbons (Fsp3) is 0.571. The maximum Gasteiger partial charge on any atom is 0.233 e. The van der Waals surface area contributed by atoms with Crippen LogP contribution in [0.2, 0.25) is 0 Å². The second-order valence-electron chi connectivity index (χ2n) is 2.74. The summed E-state index contributed by atoms with van der Waals surface area (Å²) in [6.07, 6.45) is 2.87. The van der Waals surface area contributed by atoms with Crippen molar-refractivity contribution in [1.82, 2.24) is 20.2 Å². The van der Waals surface area contributed by atoms with Crippen LogP contribution in [0, 0.1) is 0 Å². The zero-order chi connectivity index (χ0) is 10.4. The highest BCUT2D eigenvalue weighted by atomic mass is 32.2. The van der Waals surface area contributed by atoms with Gasteiger partial charge >= 0.3 is 0 Å². The Morgan fingerprint density at radius 3 is 3.14 bits per heavy atom. The standard InChI is InChI=1S/C7H13N5OS/c1-12-5-9-11-7(12)14-4-2-3-6(13)10-8/h5H,2-4,8H2,1H3,(H,10,13). The molecule has 0 aliphatic carbocycles. The van der Waals surface area contributed by atoms with Crippen molar-refractivity contribution in [1.29, 1.82) is 0 Å². The van der Waals surface area contributed by atoms with Gasteiger partial charge in [0.05, 0.1) is 0 Å². The van der Waals surface area contributed by atoms with Gasteiger partial charge in [0.15, 0.2) is 5.16 Å². The minimum atomic E-state index is -0.136. The lowest BCUT2D eigenvalue weighted by atomic mass is 10.3. The lowest BCUT2D eigenvalue weighted by molar-refractivity contribution is -0.121. The molecule has 0 aliphatic rings. The number of hydrogen-bond donors (Lipinski definition) is 2. The minimum absolute atomic E-state index is 0.136. The number of rotatable bonds is 5. The van der Waals surface area contributed by atoms with E-state index in [0.717, 1.165) is 17.3 Å². The van der Waals surface area contributed by atoms with Crippen LogP contribution < -0.4 is 11.3 Å². The summed E-state index contributed by atoms with van der Waals surface area (Å²) in [4.78, 5) is 10.8. The predicted octanol–water partition coefficient (Wildman–Crippen LogP) is -0.323. The number of nitrogens with two attached hydrogens (primary N) is 1. The molecule has 0 aliphatic heterocycles. The number of thioether (sulfide) groups is 1. The normalized spacial score (nSPS) is 10.1. The zero-order valence-corrected chi connectivity index (χ0v) is 8.75. The van der Waals surface area contributed by atoms with E-state index in [-0.39, 0.29) is 5.91 Å². The Balaban J connectivity index is 2.16. The molecule has 0 saturated carbocycles. The van der Waals surface area contributed by atoms with Gasteiger partial charge in [0.2, 0.25) is 5.91 Å². The largest absolute Gasteiger partial charge is 0.312 e. The Kier molecular flexibility index (Phi) is 4.41. The topological polar surface area (TPSA) is 85.8 Å². The number of nitrogens with zero attached hydrogens (tertiary/aromatic N) is 3. The van der Waals surface area contributed by atoms with Crippen LogP contribution in [0.5, 0.6) is 0 Å². The van der Waals surface area contributed by atoms with Crippen LogP contribution in [0.1, 0.15) is 12.8 Å². The monoisotopic (exact) mass is 215 g/mol. The van der Waals surface area contributed by atoms with Gasteiger partial charge in [0.25, 0.3) is 0 Å². The Hall–Kier alpha value is -1.08. The summed E-state index contributed by atoms with van der Waals surface area (Å²) in [5, 5.41) is 8.51. The van der Waals surface area contributed by atoms with Crippen LogP contribution in [-0.2, 0) is 11.8 Å². The first-order valence-corrected chi connectivity index (χ1v) is 5.19. The van der Waals surface area contributed by atoms with Gasteiger partial charge in [-0.1, -0.05) is 11.8 Å². The van der Waals surface area contributed by atoms with Crippen LogP contribution in [0.15, 0.2) is 11.5 Å². The molecule has 0 radical (unpaired) electrons. The van der Waals surface area contributed by atoms with E-state index >= 15 is 0 Å². The van der Waals surface area contributed by atoms with Crippen LogP contribution in [-0.4, -0.2) is 26.4 Å². The molecule has 1 amide bonds. The van der Waals surface area contributed by atoms with Gasteiger partial charge in [0.1, 0.15) is 6.33 Å². The number of nitrogens with one attached hydrogen (secondary N) is 1. The summed E-state index contributed by atoms with van der Waals surface area (Å²) >= 11 is 1.57. The number of amides is 1. The van der Waals surface area contributed by atoms with Gasteiger partial charge in [0, 0.05) is 19.2 Å². The Bertz CT molecular complexity index is 300. The van der Waals surface area contributed by atoms with Crippen molar-refractivity contribution in [3.63, 3.8) is 0 Å². The summed E-state index contributed by atoms with van der Waals surface area (Å²) in [5.41, 5.74) is 2.09. The van der Waals surface area contributed by atoms with E-state index in [1.54, 1.807) is 18.1 Å². The number of hydrogen-bond acceptors (Lipinski definition) is 5. The fourth-order valence-corrected chi connectivity index (χ4v) is 1.70. The predicted molar refractivity (Wildman–Crippen MR) is 53.3 cm³/mol. The minimum Gasteiger partial charge on any atom is -0.312 e. The fourth-order valence-electron chi connectivity index (χ4n) is 0.872. The molecule has 0 unspecified atom stereocenters. The van der Waals surface area contributed by atoms with Crippen LogP contribution in [0.4, 0.5) is 0 Å². The highest BCUT2D eigenvalue weighted by Gasteiger charge is 2.02. The first-order valence-electron chi connectivity index (χ1n) is 4.20. The number of hydrazine groups is 1. The van der Waals surface area contributed by atoms with Crippen molar-refractivity contribution in [3.8, 4) is 0 Å². The summed E-state index contributed by atoms with van der Waals surface area (Å²) in [5.74, 6) is 5.64. The van der Waals surface area contributed by atoms with Gasteiger partial charge in [-0.05, 0) is 6.42 Å². The van der Waals surface area contributed by atoms with Gasteiger partial charge in [-0.2, -0.15) is 0 Å². The van der Waals surface area contributed by atoms with Crippen LogP contribution in [0.3, 0.4) is 0 Å². The zero-order valence-electron chi connectivity index (χ0n) is 7.93. The molecule has 3 N–H and O–H groups in total. The van der Waals surface area contributed by atoms with Gasteiger partial charge in [-0.25, -0.2) is 5.84 Å². The third kappa shape index (κ3) is 3.35. The van der Waals surface area contributed by atoms with Crippen LogP contribution in [0.25, 0.3) is 0 Å². The van der Waals surface area contributed by atoms with Crippen molar-refractivity contribution >= 4 is 17.7 Å². The van der Waals surface area contributed by atoms with Crippen LogP contribution >= 0.6 is 11.8 Å². The number of aromatic nitrogens is 3. The third-order valence-electron chi connectivity index (χ3n) is 1.61. The van der Waals surface area contributed by atoms with Crippen molar-refractivity contribution in [2.75, 3.05) is 5.75 Å². The first-order chi connectivity index (χ1) is 6.74. The molecule has 14 heavy (non-hydrogen) atoms. The molecular weight excluding hydrogens is 202 g/mol. The van der Waals surface area contributed by atoms with Crippen molar-refractivity contribution < 1.29 is 4.79 Å². The number of carbonyl (C=O) groups excluding carboxylic acids is 1. The summed E-state index contributed by atoms with van der Waals surface area (Å²) in [6, 6.07) is 0. The van der Waals surface area contributed by atoms with E-state index < -0.39 is 0 Å². The maximum absolute atomic E-state index is 10.8. The summed E-state index contributed by atoms with van der Waals surface area (Å²) in [7, 11) is 1.88. The number of carbonyl (C=O) groups is 1. The Morgan fingerprint density at radius 2 is 2.57 bits per heavy atom. The molecule has 78 valence electrons. The Morgan fingerprint density at radius 1 is 1.79 bits per heavy atom. The highest BCUT2D eigenvalue weighted by molar-refractivity contribution is 7.99. The van der Waals surface area contributed by atoms with Gasteiger partial charge < -0.3 is 4.57 Å². The highest BCUT2D eigenvalue weighted by Crippen LogP contribution is 2.14. The van der Waals surface area contributed by atoms with E-state index in [0.29, 0.717) is 6.42 Å². The first kappa shape index (κ1) is 11.0. The molecule has 6 nitrogen and oxygen atoms in total. The molecular formula is C7H13N5OS. The molecule has 0 atom stereocenters. The van der Waals surface area contributed by atoms with E-state index in [4.69, 9.17) is 5.84 Å². The summed E-state index contributed by atoms with van der Waals surface area (Å²) < 4.78 is 1.84. The smallest absolute Gasteiger partial charge is 0.233 e. The van der Waals surface area contributed by atoms with Crippen molar-refractivity contribution in [2.24, 2.45) is 12.9 Å². The SMILES string of the molecule is Cn1cnnc1SCCCC(=O)NN. The maximum atomic E-state index is 10.8. The van der Waals surface area contributed by atoms with E-state index in [2.05, 4.69) is 15.6 Å². The second kappa shape index (κ2) is 5.61. The molecule has 1 aromatic rings. The van der Waals surface area contributed by atoms with Crippen molar-refractivity contribution in [3.05, 3.63) is 6.33 Å². The summed E-state index contributed by atoms with van der Waals surface area (Å²) in [6.45, 7) is 0. The lowest BCUT2D eigenvalue weighted by Crippen LogP contribution is -2.29. The van der Waals surface area contributed by atoms with Gasteiger partial charge in [-0.3, -0.25) is 10.2 Å². The van der Waals surface area contributed by atoms with Gasteiger partial charge in [-0.15, -0.1) is 10.2 Å². The third-order valence-corrected chi connectivity index (χ3v) is 2.73. The van der Waals surface area contributed by atoms with E-state index in [1.165, 1.54) is 0 Å². The number of aryl methyl sites for hydroxylation is 1. The Labute approximate surface area is 86.2 Å². The molecule has 0 fully saturated rings. The van der Waals surface area contributed by atoms with E-state index in [9.17, 15) is 4.79 Å². The molecule has 0 saturated heterocycles. The average Bonchev–Trinajstić information content (AvgIpc) is 2.58. The molecule has 0 bridgehead atoms. The quantitative estimate of drug-likeness (QED) is 0.231. The average molecular weight is 215 g/mol.